The number of halogens is 1. The van der Waals surface area contributed by atoms with Gasteiger partial charge in [0.05, 0.1) is 0 Å². The Balaban J connectivity index is 0.00000544. The van der Waals surface area contributed by atoms with Gasteiger partial charge in [0.2, 0.25) is 0 Å². The van der Waals surface area contributed by atoms with Crippen molar-refractivity contribution in [3.05, 3.63) is 36.2 Å². The summed E-state index contributed by atoms with van der Waals surface area (Å²) in [6, 6.07) is 8.12. The fraction of sp³-hybridized carbons (Fsp3) is 0.565. The van der Waals surface area contributed by atoms with E-state index in [-0.39, 0.29) is 42.0 Å². The van der Waals surface area contributed by atoms with Crippen LogP contribution in [0, 0.1) is 5.92 Å². The standard InChI is InChI=1S/C23H37N7O2.HI/c1-16(2)19(28-22(31)32-23(3,4)5)11-12-30(7)21(24-6)25-14-17-9-8-10-18(13-17)20-26-15-27-29-20;/h8-10,13,15-16,19H,11-12,14H2,1-7H3,(H,24,25)(H,28,31)(H,26,27,29);1H. The second-order valence-electron chi connectivity index (χ2n) is 9.14. The molecule has 1 atom stereocenters. The molecule has 9 nitrogen and oxygen atoms in total. The van der Waals surface area contributed by atoms with Crippen molar-refractivity contribution in [1.82, 2.24) is 30.7 Å². The number of ether oxygens (including phenoxy) is 1. The first-order valence-electron chi connectivity index (χ1n) is 10.9. The van der Waals surface area contributed by atoms with E-state index in [0.29, 0.717) is 6.54 Å². The number of hydrogen-bond donors (Lipinski definition) is 3. The topological polar surface area (TPSA) is 108 Å². The molecule has 0 aliphatic heterocycles. The molecule has 1 unspecified atom stereocenters. The lowest BCUT2D eigenvalue weighted by molar-refractivity contribution is 0.0486. The molecule has 1 aromatic heterocycles. The van der Waals surface area contributed by atoms with Crippen LogP contribution in [0.25, 0.3) is 11.4 Å². The van der Waals surface area contributed by atoms with E-state index in [1.807, 2.05) is 40.0 Å². The molecule has 10 heteroatoms. The third-order valence-electron chi connectivity index (χ3n) is 4.92. The number of aliphatic imine (C=N–C) groups is 1. The van der Waals surface area contributed by atoms with Crippen molar-refractivity contribution in [2.24, 2.45) is 10.9 Å². The summed E-state index contributed by atoms with van der Waals surface area (Å²) in [5, 5.41) is 13.2. The maximum Gasteiger partial charge on any atom is 0.407 e. The first-order valence-corrected chi connectivity index (χ1v) is 10.9. The Bertz CT molecular complexity index is 879. The van der Waals surface area contributed by atoms with Crippen molar-refractivity contribution in [2.75, 3.05) is 20.6 Å². The fourth-order valence-corrected chi connectivity index (χ4v) is 3.21. The number of guanidine groups is 1. The number of nitrogens with one attached hydrogen (secondary N) is 3. The van der Waals surface area contributed by atoms with Crippen molar-refractivity contribution < 1.29 is 9.53 Å². The van der Waals surface area contributed by atoms with Gasteiger partial charge in [-0.3, -0.25) is 10.1 Å². The molecule has 3 N–H and O–H groups in total. The van der Waals surface area contributed by atoms with E-state index in [2.05, 4.69) is 61.7 Å². The predicted octanol–water partition coefficient (Wildman–Crippen LogP) is 4.04. The summed E-state index contributed by atoms with van der Waals surface area (Å²) in [4.78, 5) is 22.9. The number of H-pyrrole nitrogens is 1. The van der Waals surface area contributed by atoms with Crippen LogP contribution >= 0.6 is 24.0 Å². The molecule has 0 aliphatic rings. The van der Waals surface area contributed by atoms with Crippen LogP contribution in [0.5, 0.6) is 0 Å². The van der Waals surface area contributed by atoms with E-state index < -0.39 is 5.60 Å². The SMILES string of the molecule is CN=C(NCc1cccc(-c2ncn[nH]2)c1)N(C)CCC(NC(=O)OC(C)(C)C)C(C)C.I. The van der Waals surface area contributed by atoms with Crippen molar-refractivity contribution in [3.63, 3.8) is 0 Å². The first-order chi connectivity index (χ1) is 15.1. The van der Waals surface area contributed by atoms with Gasteiger partial charge in [-0.15, -0.1) is 24.0 Å². The highest BCUT2D eigenvalue weighted by atomic mass is 127. The second kappa shape index (κ2) is 13.4. The minimum atomic E-state index is -0.515. The number of carbonyl (C=O) groups is 1. The van der Waals surface area contributed by atoms with Crippen LogP contribution in [-0.2, 0) is 11.3 Å². The molecule has 1 heterocycles. The van der Waals surface area contributed by atoms with E-state index >= 15 is 0 Å². The Morgan fingerprint density at radius 3 is 2.61 bits per heavy atom. The van der Waals surface area contributed by atoms with Crippen LogP contribution < -0.4 is 10.6 Å². The zero-order valence-electron chi connectivity index (χ0n) is 20.7. The average molecular weight is 572 g/mol. The van der Waals surface area contributed by atoms with Crippen molar-refractivity contribution in [3.8, 4) is 11.4 Å². The molecular formula is C23H38IN7O2. The Kier molecular flexibility index (Phi) is 11.6. The molecular weight excluding hydrogens is 533 g/mol. The molecule has 184 valence electrons. The minimum absolute atomic E-state index is 0. The third kappa shape index (κ3) is 9.97. The lowest BCUT2D eigenvalue weighted by Gasteiger charge is -2.28. The summed E-state index contributed by atoms with van der Waals surface area (Å²) in [5.74, 6) is 1.81. The van der Waals surface area contributed by atoms with Gasteiger partial charge >= 0.3 is 6.09 Å². The Hall–Kier alpha value is -2.37. The lowest BCUT2D eigenvalue weighted by atomic mass is 10.0. The lowest BCUT2D eigenvalue weighted by Crippen LogP contribution is -2.45. The average Bonchev–Trinajstić information content (AvgIpc) is 3.25. The van der Waals surface area contributed by atoms with Crippen LogP contribution in [0.15, 0.2) is 35.6 Å². The van der Waals surface area contributed by atoms with E-state index in [1.54, 1.807) is 7.05 Å². The highest BCUT2D eigenvalue weighted by molar-refractivity contribution is 14.0. The van der Waals surface area contributed by atoms with Crippen LogP contribution in [0.1, 0.15) is 46.6 Å². The number of benzene rings is 1. The van der Waals surface area contributed by atoms with Gasteiger partial charge in [-0.1, -0.05) is 32.0 Å². The molecule has 0 spiro atoms. The van der Waals surface area contributed by atoms with E-state index in [4.69, 9.17) is 4.74 Å². The van der Waals surface area contributed by atoms with Gasteiger partial charge in [0.15, 0.2) is 11.8 Å². The molecule has 0 saturated heterocycles. The van der Waals surface area contributed by atoms with Gasteiger partial charge in [0, 0.05) is 38.8 Å². The molecule has 0 radical (unpaired) electrons. The number of hydrogen-bond acceptors (Lipinski definition) is 5. The summed E-state index contributed by atoms with van der Waals surface area (Å²) in [6.45, 7) is 11.1. The monoisotopic (exact) mass is 571 g/mol. The number of carbonyl (C=O) groups excluding carboxylic acids is 1. The van der Waals surface area contributed by atoms with Gasteiger partial charge in [-0.25, -0.2) is 9.78 Å². The number of aromatic amines is 1. The highest BCUT2D eigenvalue weighted by Gasteiger charge is 2.22. The highest BCUT2D eigenvalue weighted by Crippen LogP contribution is 2.15. The van der Waals surface area contributed by atoms with Gasteiger partial charge < -0.3 is 20.3 Å². The van der Waals surface area contributed by atoms with E-state index in [1.165, 1.54) is 6.33 Å². The van der Waals surface area contributed by atoms with Gasteiger partial charge in [0.1, 0.15) is 11.9 Å². The number of nitrogens with zero attached hydrogens (tertiary/aromatic N) is 4. The van der Waals surface area contributed by atoms with E-state index in [9.17, 15) is 4.79 Å². The summed E-state index contributed by atoms with van der Waals surface area (Å²) in [5.41, 5.74) is 1.58. The molecule has 0 bridgehead atoms. The number of aromatic nitrogens is 3. The first kappa shape index (κ1) is 28.7. The molecule has 2 rings (SSSR count). The summed E-state index contributed by atoms with van der Waals surface area (Å²) in [6.07, 6.45) is 1.89. The normalized spacial score (nSPS) is 12.7. The second-order valence-corrected chi connectivity index (χ2v) is 9.14. The maximum absolute atomic E-state index is 12.2. The summed E-state index contributed by atoms with van der Waals surface area (Å²) >= 11 is 0. The summed E-state index contributed by atoms with van der Waals surface area (Å²) < 4.78 is 5.41. The van der Waals surface area contributed by atoms with E-state index in [0.717, 1.165) is 35.9 Å². The van der Waals surface area contributed by atoms with Gasteiger partial charge in [-0.05, 0) is 44.7 Å². The summed E-state index contributed by atoms with van der Waals surface area (Å²) in [7, 11) is 3.76. The van der Waals surface area contributed by atoms with Crippen LogP contribution in [0.2, 0.25) is 0 Å². The molecule has 1 amide bonds. The molecule has 33 heavy (non-hydrogen) atoms. The van der Waals surface area contributed by atoms with Crippen LogP contribution in [-0.4, -0.2) is 64.4 Å². The molecule has 0 fully saturated rings. The molecule has 2 aromatic rings. The Morgan fingerprint density at radius 1 is 1.30 bits per heavy atom. The largest absolute Gasteiger partial charge is 0.444 e. The van der Waals surface area contributed by atoms with Crippen molar-refractivity contribution in [1.29, 1.82) is 0 Å². The maximum atomic E-state index is 12.2. The smallest absolute Gasteiger partial charge is 0.407 e. The Morgan fingerprint density at radius 2 is 2.03 bits per heavy atom. The van der Waals surface area contributed by atoms with Crippen molar-refractivity contribution >= 4 is 36.0 Å². The minimum Gasteiger partial charge on any atom is -0.444 e. The molecule has 0 saturated carbocycles. The van der Waals surface area contributed by atoms with Crippen molar-refractivity contribution in [2.45, 2.75) is 59.2 Å². The Labute approximate surface area is 214 Å². The third-order valence-corrected chi connectivity index (χ3v) is 4.92. The zero-order chi connectivity index (χ0) is 23.7. The van der Waals surface area contributed by atoms with Crippen LogP contribution in [0.3, 0.4) is 0 Å². The quantitative estimate of drug-likeness (QED) is 0.251. The van der Waals surface area contributed by atoms with Gasteiger partial charge in [-0.2, -0.15) is 5.10 Å². The van der Waals surface area contributed by atoms with Crippen LogP contribution in [0.4, 0.5) is 4.79 Å². The fourth-order valence-electron chi connectivity index (χ4n) is 3.21. The number of alkyl carbamates (subject to hydrolysis) is 1. The number of amides is 1. The molecule has 1 aromatic carbocycles. The molecule has 0 aliphatic carbocycles. The number of rotatable bonds is 8. The van der Waals surface area contributed by atoms with Gasteiger partial charge in [0.25, 0.3) is 0 Å². The predicted molar refractivity (Wildman–Crippen MR) is 143 cm³/mol. The zero-order valence-corrected chi connectivity index (χ0v) is 23.0.